The second-order valence-electron chi connectivity index (χ2n) is 7.21. The fourth-order valence-electron chi connectivity index (χ4n) is 3.69. The van der Waals surface area contributed by atoms with Gasteiger partial charge in [-0.15, -0.1) is 0 Å². The van der Waals surface area contributed by atoms with Crippen molar-refractivity contribution in [3.05, 3.63) is 66.2 Å². The fourth-order valence-corrected chi connectivity index (χ4v) is 4.19. The van der Waals surface area contributed by atoms with Gasteiger partial charge in [0.1, 0.15) is 0 Å². The Morgan fingerprint density at radius 2 is 1.77 bits per heavy atom. The molecule has 1 heterocycles. The zero-order valence-electron chi connectivity index (χ0n) is 16.3. The molecular weight excluding hydrogens is 424 g/mol. The maximum atomic E-state index is 12.9. The van der Waals surface area contributed by atoms with Crippen molar-refractivity contribution in [1.29, 1.82) is 0 Å². The average molecular weight is 443 g/mol. The van der Waals surface area contributed by atoms with Gasteiger partial charge in [0.05, 0.1) is 17.5 Å². The van der Waals surface area contributed by atoms with Crippen LogP contribution in [0, 0.1) is 11.8 Å². The highest BCUT2D eigenvalue weighted by molar-refractivity contribution is 7.99. The summed E-state index contributed by atoms with van der Waals surface area (Å²) < 4.78 is 24.8. The first kappa shape index (κ1) is 21.0. The number of hydrazine groups is 1. The van der Waals surface area contributed by atoms with Crippen LogP contribution in [0.4, 0.5) is 20.2 Å². The van der Waals surface area contributed by atoms with Crippen LogP contribution in [0.5, 0.6) is 0 Å². The van der Waals surface area contributed by atoms with Crippen molar-refractivity contribution in [3.8, 4) is 0 Å². The van der Waals surface area contributed by atoms with Gasteiger partial charge in [0, 0.05) is 16.1 Å². The van der Waals surface area contributed by atoms with E-state index in [-0.39, 0.29) is 23.3 Å². The highest BCUT2D eigenvalue weighted by Gasteiger charge is 2.42. The number of benzene rings is 2. The van der Waals surface area contributed by atoms with Crippen LogP contribution in [-0.2, 0) is 9.59 Å². The Morgan fingerprint density at radius 1 is 1.06 bits per heavy atom. The molecule has 2 aromatic carbocycles. The second-order valence-corrected chi connectivity index (χ2v) is 8.28. The molecule has 0 aromatic heterocycles. The standard InChI is InChI=1S/C22H19F2N3O3S/c23-22(24)31-16-10-8-14(9-11-16)25-19(28)13-4-3-5-15(12-13)27-21(30)18-7-2-1-6-17(18)20(29)26-27/h1-5,8-12,17-18,22H,6-7H2,(H,25,28)(H,26,29). The van der Waals surface area contributed by atoms with Crippen LogP contribution < -0.4 is 15.8 Å². The Bertz CT molecular complexity index is 1040. The molecule has 31 heavy (non-hydrogen) atoms. The normalized spacial score (nSPS) is 20.4. The second kappa shape index (κ2) is 8.89. The number of carbonyl (C=O) groups is 3. The lowest BCUT2D eigenvalue weighted by Crippen LogP contribution is -2.59. The molecule has 4 rings (SSSR count). The number of carbonyl (C=O) groups excluding carboxylic acids is 3. The van der Waals surface area contributed by atoms with E-state index in [1.54, 1.807) is 18.2 Å². The van der Waals surface area contributed by atoms with E-state index in [9.17, 15) is 23.2 Å². The molecule has 2 aromatic rings. The lowest BCUT2D eigenvalue weighted by atomic mass is 9.80. The molecule has 2 N–H and O–H groups in total. The van der Waals surface area contributed by atoms with Crippen molar-refractivity contribution >= 4 is 40.9 Å². The average Bonchev–Trinajstić information content (AvgIpc) is 2.77. The summed E-state index contributed by atoms with van der Waals surface area (Å²) in [6.07, 6.45) is 4.86. The SMILES string of the molecule is O=C(Nc1ccc(SC(F)F)cc1)c1cccc(N2NC(=O)C3CC=CCC3C2=O)c1. The molecule has 1 saturated heterocycles. The number of hydrogen-bond donors (Lipinski definition) is 2. The van der Waals surface area contributed by atoms with E-state index >= 15 is 0 Å². The van der Waals surface area contributed by atoms with Crippen LogP contribution in [-0.4, -0.2) is 23.5 Å². The van der Waals surface area contributed by atoms with E-state index in [2.05, 4.69) is 10.7 Å². The molecule has 0 radical (unpaired) electrons. The number of thioether (sulfide) groups is 1. The molecule has 2 unspecified atom stereocenters. The maximum Gasteiger partial charge on any atom is 0.288 e. The molecule has 9 heteroatoms. The Labute approximate surface area is 181 Å². The minimum atomic E-state index is -2.51. The lowest BCUT2D eigenvalue weighted by molar-refractivity contribution is -0.139. The minimum absolute atomic E-state index is 0.210. The molecule has 2 atom stereocenters. The number of nitrogens with one attached hydrogen (secondary N) is 2. The van der Waals surface area contributed by atoms with Gasteiger partial charge in [0.2, 0.25) is 11.8 Å². The first-order valence-electron chi connectivity index (χ1n) is 9.68. The zero-order chi connectivity index (χ0) is 22.0. The van der Waals surface area contributed by atoms with E-state index < -0.39 is 17.6 Å². The van der Waals surface area contributed by atoms with Crippen LogP contribution in [0.2, 0.25) is 0 Å². The Morgan fingerprint density at radius 3 is 2.48 bits per heavy atom. The Hall–Kier alpha value is -3.20. The monoisotopic (exact) mass is 443 g/mol. The molecule has 0 saturated carbocycles. The lowest BCUT2D eigenvalue weighted by Gasteiger charge is -2.38. The number of amides is 3. The van der Waals surface area contributed by atoms with Gasteiger partial charge in [0.15, 0.2) is 0 Å². The van der Waals surface area contributed by atoms with E-state index in [1.807, 2.05) is 12.2 Å². The van der Waals surface area contributed by atoms with Crippen LogP contribution in [0.3, 0.4) is 0 Å². The molecule has 2 aliphatic rings. The molecule has 1 fully saturated rings. The van der Waals surface area contributed by atoms with Crippen LogP contribution >= 0.6 is 11.8 Å². The molecule has 6 nitrogen and oxygen atoms in total. The van der Waals surface area contributed by atoms with Gasteiger partial charge in [-0.25, -0.2) is 5.01 Å². The summed E-state index contributed by atoms with van der Waals surface area (Å²) in [5.74, 6) is -4.15. The van der Waals surface area contributed by atoms with Gasteiger partial charge in [-0.2, -0.15) is 8.78 Å². The van der Waals surface area contributed by atoms with Crippen molar-refractivity contribution in [3.63, 3.8) is 0 Å². The van der Waals surface area contributed by atoms with Gasteiger partial charge in [0.25, 0.3) is 11.7 Å². The molecule has 0 bridgehead atoms. The van der Waals surface area contributed by atoms with E-state index in [0.29, 0.717) is 40.9 Å². The number of alkyl halides is 2. The van der Waals surface area contributed by atoms with Gasteiger partial charge in [-0.05, 0) is 55.3 Å². The van der Waals surface area contributed by atoms with Crippen LogP contribution in [0.1, 0.15) is 23.2 Å². The number of halogens is 2. The minimum Gasteiger partial charge on any atom is -0.322 e. The Balaban J connectivity index is 1.49. The van der Waals surface area contributed by atoms with E-state index in [0.717, 1.165) is 0 Å². The predicted molar refractivity (Wildman–Crippen MR) is 114 cm³/mol. The number of rotatable bonds is 5. The van der Waals surface area contributed by atoms with Gasteiger partial charge < -0.3 is 5.32 Å². The van der Waals surface area contributed by atoms with E-state index in [4.69, 9.17) is 0 Å². The third kappa shape index (κ3) is 4.61. The molecule has 160 valence electrons. The summed E-state index contributed by atoms with van der Waals surface area (Å²) in [6, 6.07) is 12.5. The third-order valence-electron chi connectivity index (χ3n) is 5.23. The first-order chi connectivity index (χ1) is 14.9. The third-order valence-corrected chi connectivity index (χ3v) is 5.96. The predicted octanol–water partition coefficient (Wildman–Crippen LogP) is 4.21. The molecule has 1 aliphatic carbocycles. The summed E-state index contributed by atoms with van der Waals surface area (Å²) in [4.78, 5) is 38.4. The van der Waals surface area contributed by atoms with Gasteiger partial charge in [-0.3, -0.25) is 19.8 Å². The zero-order valence-corrected chi connectivity index (χ0v) is 17.1. The highest BCUT2D eigenvalue weighted by Crippen LogP contribution is 2.32. The molecular formula is C22H19F2N3O3S. The number of fused-ring (bicyclic) bond motifs is 1. The molecule has 1 aliphatic heterocycles. The summed E-state index contributed by atoms with van der Waals surface area (Å²) in [5.41, 5.74) is 3.77. The van der Waals surface area contributed by atoms with Crippen LogP contribution in [0.15, 0.2) is 65.6 Å². The summed E-state index contributed by atoms with van der Waals surface area (Å²) in [7, 11) is 0. The highest BCUT2D eigenvalue weighted by atomic mass is 32.2. The van der Waals surface area contributed by atoms with Crippen molar-refractivity contribution in [2.75, 3.05) is 10.3 Å². The Kier molecular flexibility index (Phi) is 6.03. The summed E-state index contributed by atoms with van der Waals surface area (Å²) in [5, 5.41) is 3.90. The largest absolute Gasteiger partial charge is 0.322 e. The van der Waals surface area contributed by atoms with Crippen molar-refractivity contribution in [2.45, 2.75) is 23.5 Å². The van der Waals surface area contributed by atoms with Crippen LogP contribution in [0.25, 0.3) is 0 Å². The quantitative estimate of drug-likeness (QED) is 0.536. The molecule has 0 spiro atoms. The van der Waals surface area contributed by atoms with E-state index in [1.165, 1.54) is 35.3 Å². The first-order valence-corrected chi connectivity index (χ1v) is 10.6. The van der Waals surface area contributed by atoms with Crippen molar-refractivity contribution in [1.82, 2.24) is 5.43 Å². The van der Waals surface area contributed by atoms with Crippen molar-refractivity contribution < 1.29 is 23.2 Å². The number of allylic oxidation sites excluding steroid dienone is 2. The fraction of sp³-hybridized carbons (Fsp3) is 0.227. The maximum absolute atomic E-state index is 12.9. The smallest absolute Gasteiger partial charge is 0.288 e. The molecule has 3 amide bonds. The van der Waals surface area contributed by atoms with Crippen molar-refractivity contribution in [2.24, 2.45) is 11.8 Å². The number of nitrogens with zero attached hydrogens (tertiary/aromatic N) is 1. The van der Waals surface area contributed by atoms with Gasteiger partial charge >= 0.3 is 0 Å². The number of anilines is 2. The topological polar surface area (TPSA) is 78.5 Å². The summed E-state index contributed by atoms with van der Waals surface area (Å²) >= 11 is 0.426. The number of hydrogen-bond acceptors (Lipinski definition) is 4. The summed E-state index contributed by atoms with van der Waals surface area (Å²) in [6.45, 7) is 0. The van der Waals surface area contributed by atoms with Gasteiger partial charge in [-0.1, -0.05) is 30.0 Å².